The lowest BCUT2D eigenvalue weighted by Crippen LogP contribution is -2.41. The van der Waals surface area contributed by atoms with Gasteiger partial charge in [-0.15, -0.1) is 0 Å². The highest BCUT2D eigenvalue weighted by Crippen LogP contribution is 2.22. The van der Waals surface area contributed by atoms with E-state index in [4.69, 9.17) is 10.5 Å². The number of ether oxygens (including phenoxy) is 1. The maximum Gasteiger partial charge on any atom is 0.218 e. The first-order chi connectivity index (χ1) is 8.90. The van der Waals surface area contributed by atoms with Crippen LogP contribution in [0.1, 0.15) is 18.9 Å². The molecular weight excluding hydrogens is 264 g/mol. The van der Waals surface area contributed by atoms with Crippen LogP contribution in [0.15, 0.2) is 24.3 Å². The summed E-state index contributed by atoms with van der Waals surface area (Å²) in [5.41, 5.74) is 6.95. The molecule has 2 rings (SSSR count). The monoisotopic (exact) mass is 284 g/mol. The summed E-state index contributed by atoms with van der Waals surface area (Å²) < 4.78 is 31.6. The van der Waals surface area contributed by atoms with Crippen LogP contribution in [0.3, 0.4) is 0 Å². The fourth-order valence-electron chi connectivity index (χ4n) is 2.40. The minimum absolute atomic E-state index is 0.0300. The van der Waals surface area contributed by atoms with E-state index in [0.717, 1.165) is 6.42 Å². The molecule has 1 aromatic rings. The smallest absolute Gasteiger partial charge is 0.218 e. The van der Waals surface area contributed by atoms with Gasteiger partial charge in [0.05, 0.1) is 17.9 Å². The number of benzene rings is 1. The number of nitrogens with zero attached hydrogens (tertiary/aromatic N) is 1. The molecule has 1 fully saturated rings. The summed E-state index contributed by atoms with van der Waals surface area (Å²) in [6.45, 7) is 2.52. The first-order valence-corrected chi connectivity index (χ1v) is 7.93. The number of anilines is 1. The lowest BCUT2D eigenvalue weighted by molar-refractivity contribution is 0.102. The molecule has 1 aliphatic heterocycles. The van der Waals surface area contributed by atoms with Crippen molar-refractivity contribution in [2.75, 3.05) is 19.4 Å². The maximum atomic E-state index is 12.4. The Kier molecular flexibility index (Phi) is 4.13. The van der Waals surface area contributed by atoms with Gasteiger partial charge in [0.25, 0.3) is 0 Å². The van der Waals surface area contributed by atoms with E-state index in [0.29, 0.717) is 17.9 Å². The summed E-state index contributed by atoms with van der Waals surface area (Å²) in [5.74, 6) is -0.0300. The average molecular weight is 284 g/mol. The molecule has 6 heteroatoms. The summed E-state index contributed by atoms with van der Waals surface area (Å²) in [4.78, 5) is 0. The number of sulfonamides is 1. The topological polar surface area (TPSA) is 72.6 Å². The molecule has 1 aromatic carbocycles. The van der Waals surface area contributed by atoms with E-state index in [1.54, 1.807) is 31.3 Å². The van der Waals surface area contributed by atoms with E-state index < -0.39 is 10.0 Å². The Labute approximate surface area is 114 Å². The second kappa shape index (κ2) is 5.48. The molecule has 0 radical (unpaired) electrons. The molecule has 0 aliphatic carbocycles. The highest BCUT2D eigenvalue weighted by molar-refractivity contribution is 7.88. The van der Waals surface area contributed by atoms with Crippen molar-refractivity contribution in [1.29, 1.82) is 0 Å². The van der Waals surface area contributed by atoms with Gasteiger partial charge in [-0.1, -0.05) is 12.1 Å². The van der Waals surface area contributed by atoms with E-state index >= 15 is 0 Å². The zero-order valence-electron chi connectivity index (χ0n) is 11.2. The summed E-state index contributed by atoms with van der Waals surface area (Å²) in [6, 6.07) is 6.90. The van der Waals surface area contributed by atoms with Crippen LogP contribution in [-0.4, -0.2) is 38.5 Å². The molecule has 2 atom stereocenters. The third kappa shape index (κ3) is 3.26. The van der Waals surface area contributed by atoms with Gasteiger partial charge in [0.15, 0.2) is 0 Å². The van der Waals surface area contributed by atoms with Gasteiger partial charge in [-0.05, 0) is 31.0 Å². The van der Waals surface area contributed by atoms with Gasteiger partial charge in [-0.25, -0.2) is 8.42 Å². The number of hydrogen-bond donors (Lipinski definition) is 1. The Balaban J connectivity index is 2.14. The number of nitrogens with two attached hydrogens (primary N) is 1. The Morgan fingerprint density at radius 3 is 2.79 bits per heavy atom. The molecule has 106 valence electrons. The van der Waals surface area contributed by atoms with Crippen molar-refractivity contribution >= 4 is 15.7 Å². The number of hydrogen-bond acceptors (Lipinski definition) is 4. The van der Waals surface area contributed by atoms with Crippen LogP contribution in [0.5, 0.6) is 0 Å². The molecule has 1 saturated heterocycles. The van der Waals surface area contributed by atoms with Crippen molar-refractivity contribution in [2.24, 2.45) is 0 Å². The zero-order valence-corrected chi connectivity index (χ0v) is 12.1. The largest absolute Gasteiger partial charge is 0.399 e. The van der Waals surface area contributed by atoms with Gasteiger partial charge in [0.1, 0.15) is 0 Å². The van der Waals surface area contributed by atoms with Crippen molar-refractivity contribution in [3.8, 4) is 0 Å². The molecule has 5 nitrogen and oxygen atoms in total. The fourth-order valence-corrected chi connectivity index (χ4v) is 3.89. The molecule has 0 aromatic heterocycles. The molecule has 19 heavy (non-hydrogen) atoms. The van der Waals surface area contributed by atoms with Crippen LogP contribution < -0.4 is 5.73 Å². The van der Waals surface area contributed by atoms with Crippen LogP contribution in [0, 0.1) is 0 Å². The highest BCUT2D eigenvalue weighted by atomic mass is 32.2. The molecule has 0 saturated carbocycles. The van der Waals surface area contributed by atoms with Crippen LogP contribution in [0.25, 0.3) is 0 Å². The Morgan fingerprint density at radius 1 is 1.47 bits per heavy atom. The maximum absolute atomic E-state index is 12.4. The van der Waals surface area contributed by atoms with Gasteiger partial charge in [-0.3, -0.25) is 0 Å². The number of rotatable bonds is 4. The molecule has 1 heterocycles. The molecule has 2 unspecified atom stereocenters. The van der Waals surface area contributed by atoms with Crippen molar-refractivity contribution in [3.63, 3.8) is 0 Å². The van der Waals surface area contributed by atoms with Crippen LogP contribution in [0.2, 0.25) is 0 Å². The average Bonchev–Trinajstić information content (AvgIpc) is 2.73. The fraction of sp³-hybridized carbons (Fsp3) is 0.538. The van der Waals surface area contributed by atoms with Crippen molar-refractivity contribution in [1.82, 2.24) is 4.31 Å². The van der Waals surface area contributed by atoms with E-state index in [1.165, 1.54) is 4.31 Å². The first-order valence-electron chi connectivity index (χ1n) is 6.32. The van der Waals surface area contributed by atoms with Gasteiger partial charge < -0.3 is 10.5 Å². The molecule has 2 N–H and O–H groups in total. The van der Waals surface area contributed by atoms with Crippen molar-refractivity contribution in [2.45, 2.75) is 31.2 Å². The number of likely N-dealkylation sites (N-methyl/N-ethyl adjacent to an activating group) is 1. The van der Waals surface area contributed by atoms with E-state index in [9.17, 15) is 8.42 Å². The minimum Gasteiger partial charge on any atom is -0.399 e. The van der Waals surface area contributed by atoms with Gasteiger partial charge in [0, 0.05) is 19.3 Å². The SMILES string of the molecule is CC1OCCC1N(C)S(=O)(=O)Cc1cccc(N)c1. The standard InChI is InChI=1S/C13H20N2O3S/c1-10-13(6-7-18-10)15(2)19(16,17)9-11-4-3-5-12(14)8-11/h3-5,8,10,13H,6-7,9,14H2,1-2H3. The third-order valence-corrected chi connectivity index (χ3v) is 5.39. The third-order valence-electron chi connectivity index (χ3n) is 3.54. The molecular formula is C13H20N2O3S. The summed E-state index contributed by atoms with van der Waals surface area (Å²) in [7, 11) is -1.73. The molecule has 1 aliphatic rings. The summed E-state index contributed by atoms with van der Waals surface area (Å²) in [5, 5.41) is 0. The van der Waals surface area contributed by atoms with Gasteiger partial charge in [-0.2, -0.15) is 4.31 Å². The van der Waals surface area contributed by atoms with Gasteiger partial charge >= 0.3 is 0 Å². The molecule has 0 spiro atoms. The zero-order chi connectivity index (χ0) is 14.0. The Hall–Kier alpha value is -1.11. The predicted molar refractivity (Wildman–Crippen MR) is 75.1 cm³/mol. The second-order valence-electron chi connectivity index (χ2n) is 4.95. The van der Waals surface area contributed by atoms with Crippen LogP contribution in [-0.2, 0) is 20.5 Å². The van der Waals surface area contributed by atoms with Gasteiger partial charge in [0.2, 0.25) is 10.0 Å². The van der Waals surface area contributed by atoms with E-state index in [1.807, 2.05) is 6.92 Å². The lowest BCUT2D eigenvalue weighted by Gasteiger charge is -2.26. The van der Waals surface area contributed by atoms with Crippen LogP contribution in [0.4, 0.5) is 5.69 Å². The minimum atomic E-state index is -3.35. The van der Waals surface area contributed by atoms with Crippen molar-refractivity contribution < 1.29 is 13.2 Å². The predicted octanol–water partition coefficient (Wildman–Crippen LogP) is 1.21. The second-order valence-corrected chi connectivity index (χ2v) is 6.98. The van der Waals surface area contributed by atoms with E-state index in [-0.39, 0.29) is 17.9 Å². The Morgan fingerprint density at radius 2 is 2.21 bits per heavy atom. The Bertz CT molecular complexity index is 545. The van der Waals surface area contributed by atoms with E-state index in [2.05, 4.69) is 0 Å². The summed E-state index contributed by atoms with van der Waals surface area (Å²) in [6.07, 6.45) is 0.689. The highest BCUT2D eigenvalue weighted by Gasteiger charge is 2.34. The molecule has 0 bridgehead atoms. The van der Waals surface area contributed by atoms with Crippen LogP contribution >= 0.6 is 0 Å². The first kappa shape index (κ1) is 14.3. The van der Waals surface area contributed by atoms with Crippen molar-refractivity contribution in [3.05, 3.63) is 29.8 Å². The summed E-state index contributed by atoms with van der Waals surface area (Å²) >= 11 is 0. The number of nitrogen functional groups attached to an aromatic ring is 1. The lowest BCUT2D eigenvalue weighted by atomic mass is 10.2. The normalized spacial score (nSPS) is 23.9. The molecule has 0 amide bonds. The quantitative estimate of drug-likeness (QED) is 0.843.